The van der Waals surface area contributed by atoms with E-state index in [2.05, 4.69) is 0 Å². The molecule has 1 aliphatic heterocycles. The van der Waals surface area contributed by atoms with Gasteiger partial charge >= 0.3 is 0 Å². The molecule has 136 valence electrons. The Morgan fingerprint density at radius 3 is 2.30 bits per heavy atom. The van der Waals surface area contributed by atoms with Gasteiger partial charge in [-0.1, -0.05) is 13.3 Å². The summed E-state index contributed by atoms with van der Waals surface area (Å²) in [6.45, 7) is 4.78. The van der Waals surface area contributed by atoms with Crippen molar-refractivity contribution < 1.29 is 21.6 Å². The van der Waals surface area contributed by atoms with Gasteiger partial charge in [-0.25, -0.2) is 21.1 Å². The molecule has 7 nitrogen and oxygen atoms in total. The van der Waals surface area contributed by atoms with Gasteiger partial charge < -0.3 is 4.90 Å². The van der Waals surface area contributed by atoms with E-state index in [0.29, 0.717) is 19.5 Å². The van der Waals surface area contributed by atoms with Gasteiger partial charge in [-0.15, -0.1) is 0 Å². The first-order valence-corrected chi connectivity index (χ1v) is 11.7. The lowest BCUT2D eigenvalue weighted by Crippen LogP contribution is -2.43. The number of rotatable bonds is 9. The Kier molecular flexibility index (Phi) is 7.47. The smallest absolute Gasteiger partial charge is 0.224 e. The number of nitrogens with zero attached hydrogens (tertiary/aromatic N) is 2. The van der Waals surface area contributed by atoms with Gasteiger partial charge in [0.25, 0.3) is 0 Å². The van der Waals surface area contributed by atoms with E-state index in [1.807, 2.05) is 13.8 Å². The minimum Gasteiger partial charge on any atom is -0.339 e. The first-order chi connectivity index (χ1) is 10.6. The van der Waals surface area contributed by atoms with Gasteiger partial charge in [-0.2, -0.15) is 0 Å². The predicted octanol–water partition coefficient (Wildman–Crippen LogP) is 0.474. The molecule has 0 aromatic rings. The summed E-state index contributed by atoms with van der Waals surface area (Å²) in [5.74, 6) is -0.0502. The Bertz CT molecular complexity index is 601. The summed E-state index contributed by atoms with van der Waals surface area (Å²) in [5.41, 5.74) is 0. The third kappa shape index (κ3) is 6.39. The average Bonchev–Trinajstić information content (AvgIpc) is 2.78. The van der Waals surface area contributed by atoms with Gasteiger partial charge in [0.1, 0.15) is 0 Å². The zero-order valence-corrected chi connectivity index (χ0v) is 15.8. The van der Waals surface area contributed by atoms with Crippen LogP contribution in [0.2, 0.25) is 0 Å². The van der Waals surface area contributed by atoms with E-state index in [1.165, 1.54) is 4.31 Å². The second kappa shape index (κ2) is 8.43. The molecule has 0 aromatic carbocycles. The standard InChI is InChI=1S/C14H28N2O5S2/c1-4-6-9-15(22(3,18)19)10-7-14(17)16(5-2)13-8-11-23(20,21)12-13/h13H,4-12H2,1-3H3. The van der Waals surface area contributed by atoms with Crippen LogP contribution in [0.25, 0.3) is 0 Å². The normalized spacial score (nSPS) is 20.8. The predicted molar refractivity (Wildman–Crippen MR) is 90.4 cm³/mol. The van der Waals surface area contributed by atoms with Crippen LogP contribution in [0.3, 0.4) is 0 Å². The molecular weight excluding hydrogens is 340 g/mol. The Hall–Kier alpha value is -0.670. The molecule has 0 N–H and O–H groups in total. The highest BCUT2D eigenvalue weighted by molar-refractivity contribution is 7.91. The largest absolute Gasteiger partial charge is 0.339 e. The van der Waals surface area contributed by atoms with Crippen molar-refractivity contribution in [1.82, 2.24) is 9.21 Å². The zero-order valence-electron chi connectivity index (χ0n) is 14.2. The van der Waals surface area contributed by atoms with Crippen LogP contribution in [-0.2, 0) is 24.7 Å². The topological polar surface area (TPSA) is 91.8 Å². The number of unbranched alkanes of at least 4 members (excludes halogenated alkanes) is 1. The molecule has 1 rings (SSSR count). The van der Waals surface area contributed by atoms with E-state index < -0.39 is 19.9 Å². The fourth-order valence-corrected chi connectivity index (χ4v) is 5.42. The minimum atomic E-state index is -3.34. The first-order valence-electron chi connectivity index (χ1n) is 8.05. The van der Waals surface area contributed by atoms with Crippen LogP contribution in [0.1, 0.15) is 39.5 Å². The summed E-state index contributed by atoms with van der Waals surface area (Å²) >= 11 is 0. The number of carbonyl (C=O) groups is 1. The number of hydrogen-bond donors (Lipinski definition) is 0. The van der Waals surface area contributed by atoms with Gasteiger partial charge in [0.15, 0.2) is 9.84 Å². The summed E-state index contributed by atoms with van der Waals surface area (Å²) in [4.78, 5) is 14.0. The molecule has 0 aliphatic carbocycles. The van der Waals surface area contributed by atoms with Crippen LogP contribution < -0.4 is 0 Å². The molecule has 1 saturated heterocycles. The lowest BCUT2D eigenvalue weighted by atomic mass is 10.2. The molecule has 9 heteroatoms. The molecule has 0 bridgehead atoms. The average molecular weight is 369 g/mol. The van der Waals surface area contributed by atoms with E-state index in [4.69, 9.17) is 0 Å². The number of amides is 1. The fourth-order valence-electron chi connectivity index (χ4n) is 2.80. The summed E-state index contributed by atoms with van der Waals surface area (Å²) in [6.07, 6.45) is 3.32. The van der Waals surface area contributed by atoms with Crippen molar-refractivity contribution in [3.63, 3.8) is 0 Å². The van der Waals surface area contributed by atoms with E-state index in [9.17, 15) is 21.6 Å². The molecule has 0 saturated carbocycles. The quantitative estimate of drug-likeness (QED) is 0.590. The second-order valence-electron chi connectivity index (χ2n) is 6.00. The highest BCUT2D eigenvalue weighted by Gasteiger charge is 2.34. The van der Waals surface area contributed by atoms with E-state index >= 15 is 0 Å². The molecule has 0 radical (unpaired) electrons. The Labute approximate surface area is 140 Å². The van der Waals surface area contributed by atoms with Crippen molar-refractivity contribution >= 4 is 25.8 Å². The van der Waals surface area contributed by atoms with E-state index in [0.717, 1.165) is 19.1 Å². The van der Waals surface area contributed by atoms with E-state index in [1.54, 1.807) is 4.90 Å². The van der Waals surface area contributed by atoms with Crippen LogP contribution in [0.5, 0.6) is 0 Å². The number of hydrogen-bond acceptors (Lipinski definition) is 5. The van der Waals surface area contributed by atoms with Gasteiger partial charge in [0.05, 0.1) is 17.8 Å². The van der Waals surface area contributed by atoms with Crippen LogP contribution in [0.4, 0.5) is 0 Å². The Balaban J connectivity index is 2.65. The second-order valence-corrected chi connectivity index (χ2v) is 10.2. The monoisotopic (exact) mass is 368 g/mol. The van der Waals surface area contributed by atoms with Gasteiger partial charge in [0.2, 0.25) is 15.9 Å². The number of sulfone groups is 1. The number of carbonyl (C=O) groups excluding carboxylic acids is 1. The van der Waals surface area contributed by atoms with Crippen molar-refractivity contribution in [2.75, 3.05) is 37.4 Å². The minimum absolute atomic E-state index is 0.0121. The van der Waals surface area contributed by atoms with Crippen LogP contribution in [0, 0.1) is 0 Å². The highest BCUT2D eigenvalue weighted by atomic mass is 32.2. The Morgan fingerprint density at radius 1 is 1.22 bits per heavy atom. The molecule has 1 aliphatic rings. The summed E-state index contributed by atoms with van der Waals surface area (Å²) in [6, 6.07) is -0.278. The SMILES string of the molecule is CCCCN(CCC(=O)N(CC)C1CCS(=O)(=O)C1)S(C)(=O)=O. The summed E-state index contributed by atoms with van der Waals surface area (Å²) < 4.78 is 48.0. The van der Waals surface area contributed by atoms with Gasteiger partial charge in [-0.05, 0) is 19.8 Å². The third-order valence-corrected chi connectivity index (χ3v) is 7.17. The third-order valence-electron chi connectivity index (χ3n) is 4.12. The molecule has 1 heterocycles. The van der Waals surface area contributed by atoms with Crippen molar-refractivity contribution in [2.45, 2.75) is 45.6 Å². The molecular formula is C14H28N2O5S2. The van der Waals surface area contributed by atoms with Crippen LogP contribution >= 0.6 is 0 Å². The Morgan fingerprint density at radius 2 is 1.87 bits per heavy atom. The number of sulfonamides is 1. The lowest BCUT2D eigenvalue weighted by molar-refractivity contribution is -0.132. The van der Waals surface area contributed by atoms with Crippen LogP contribution in [-0.4, -0.2) is 75.4 Å². The van der Waals surface area contributed by atoms with Crippen LogP contribution in [0.15, 0.2) is 0 Å². The molecule has 23 heavy (non-hydrogen) atoms. The molecule has 0 spiro atoms. The maximum absolute atomic E-state index is 12.4. The molecule has 0 aromatic heterocycles. The lowest BCUT2D eigenvalue weighted by Gasteiger charge is -2.28. The zero-order chi connectivity index (χ0) is 17.7. The fraction of sp³-hybridized carbons (Fsp3) is 0.929. The molecule has 1 fully saturated rings. The molecule has 1 atom stereocenters. The van der Waals surface area contributed by atoms with Gasteiger partial charge in [-0.3, -0.25) is 4.79 Å². The first kappa shape index (κ1) is 20.4. The highest BCUT2D eigenvalue weighted by Crippen LogP contribution is 2.18. The molecule has 1 amide bonds. The molecule has 1 unspecified atom stereocenters. The van der Waals surface area contributed by atoms with Gasteiger partial charge in [0, 0.05) is 32.1 Å². The summed E-state index contributed by atoms with van der Waals surface area (Å²) in [7, 11) is -6.39. The van der Waals surface area contributed by atoms with Crippen molar-refractivity contribution in [2.24, 2.45) is 0 Å². The van der Waals surface area contributed by atoms with Crippen molar-refractivity contribution in [3.8, 4) is 0 Å². The maximum atomic E-state index is 12.4. The summed E-state index contributed by atoms with van der Waals surface area (Å²) in [5, 5.41) is 0. The maximum Gasteiger partial charge on any atom is 0.224 e. The van der Waals surface area contributed by atoms with Crippen molar-refractivity contribution in [1.29, 1.82) is 0 Å². The van der Waals surface area contributed by atoms with E-state index in [-0.39, 0.29) is 36.4 Å². The van der Waals surface area contributed by atoms with Crippen molar-refractivity contribution in [3.05, 3.63) is 0 Å².